The summed E-state index contributed by atoms with van der Waals surface area (Å²) in [5, 5.41) is 6.75. The first-order valence-corrected chi connectivity index (χ1v) is 9.60. The Hall–Kier alpha value is -3.17. The summed E-state index contributed by atoms with van der Waals surface area (Å²) in [7, 11) is 3.96. The van der Waals surface area contributed by atoms with E-state index in [0.29, 0.717) is 0 Å². The molecule has 0 aliphatic heterocycles. The van der Waals surface area contributed by atoms with Crippen LogP contribution in [-0.4, -0.2) is 14.1 Å². The number of hydrogen-bond donors (Lipinski definition) is 2. The summed E-state index contributed by atoms with van der Waals surface area (Å²) in [5.74, 6) is 1.73. The van der Waals surface area contributed by atoms with Crippen LogP contribution in [0.5, 0.6) is 0 Å². The predicted molar refractivity (Wildman–Crippen MR) is 116 cm³/mol. The maximum atomic E-state index is 6.33. The highest BCUT2D eigenvalue weighted by Crippen LogP contribution is 2.36. The van der Waals surface area contributed by atoms with Crippen LogP contribution in [0.4, 0.5) is 0 Å². The van der Waals surface area contributed by atoms with Crippen LogP contribution >= 0.6 is 0 Å². The number of allylic oxidation sites excluding steroid dienone is 1. The fourth-order valence-electron chi connectivity index (χ4n) is 3.62. The number of nitrogens with one attached hydrogen (secondary N) is 2. The summed E-state index contributed by atoms with van der Waals surface area (Å²) in [5.41, 5.74) is 4.18. The Morgan fingerprint density at radius 1 is 0.821 bits per heavy atom. The third kappa shape index (κ3) is 3.49. The first kappa shape index (κ1) is 18.2. The van der Waals surface area contributed by atoms with Crippen LogP contribution in [-0.2, 0) is 5.54 Å². The van der Waals surface area contributed by atoms with E-state index in [1.165, 1.54) is 5.56 Å². The first-order chi connectivity index (χ1) is 13.7. The number of benzene rings is 2. The van der Waals surface area contributed by atoms with E-state index in [1.807, 2.05) is 50.5 Å². The summed E-state index contributed by atoms with van der Waals surface area (Å²) < 4.78 is 6.33. The molecule has 1 aromatic heterocycles. The van der Waals surface area contributed by atoms with Gasteiger partial charge in [0.2, 0.25) is 0 Å². The van der Waals surface area contributed by atoms with E-state index >= 15 is 0 Å². The molecule has 1 heterocycles. The molecule has 1 aliphatic carbocycles. The van der Waals surface area contributed by atoms with Crippen molar-refractivity contribution >= 4 is 0 Å². The molecule has 3 aromatic rings. The largest absolute Gasteiger partial charge is 0.388 e. The van der Waals surface area contributed by atoms with Gasteiger partial charge in [-0.1, -0.05) is 48.6 Å². The van der Waals surface area contributed by atoms with Crippen molar-refractivity contribution in [2.45, 2.75) is 12.0 Å². The maximum absolute atomic E-state index is 6.33. The molecule has 0 saturated carbocycles. The average Bonchev–Trinajstić information content (AvgIpc) is 2.80. The average molecular weight is 369 g/mol. The van der Waals surface area contributed by atoms with Gasteiger partial charge >= 0.3 is 11.5 Å². The molecule has 3 heteroatoms. The highest BCUT2D eigenvalue weighted by atomic mass is 16.3. The van der Waals surface area contributed by atoms with Crippen molar-refractivity contribution < 1.29 is 4.42 Å². The normalized spacial score (nSPS) is 18.6. The number of likely N-dealkylation sites (N-methyl/N-ethyl adjacent to an activating group) is 2. The zero-order valence-corrected chi connectivity index (χ0v) is 16.3. The molecule has 1 aliphatic rings. The molecule has 0 saturated heterocycles. The molecule has 0 amide bonds. The lowest BCUT2D eigenvalue weighted by atomic mass is 9.82. The molecule has 28 heavy (non-hydrogen) atoms. The van der Waals surface area contributed by atoms with Gasteiger partial charge in [-0.25, -0.2) is 4.42 Å². The molecule has 1 unspecified atom stereocenters. The van der Waals surface area contributed by atoms with Gasteiger partial charge in [-0.05, 0) is 49.4 Å². The van der Waals surface area contributed by atoms with Crippen LogP contribution in [0.25, 0.3) is 22.6 Å². The SMILES string of the molecule is CNC1=CCC(NC)(c2cc(-c3ccccc3)[o+]c(-c3ccccc3)c2)C=C1. The Balaban J connectivity index is 1.87. The molecule has 2 N–H and O–H groups in total. The monoisotopic (exact) mass is 369 g/mol. The molecule has 2 aromatic carbocycles. The molecular weight excluding hydrogens is 344 g/mol. The summed E-state index contributed by atoms with van der Waals surface area (Å²) in [6, 6.07) is 24.8. The highest BCUT2D eigenvalue weighted by Gasteiger charge is 2.33. The predicted octanol–water partition coefficient (Wildman–Crippen LogP) is 5.37. The van der Waals surface area contributed by atoms with Crippen molar-refractivity contribution in [2.24, 2.45) is 0 Å². The first-order valence-electron chi connectivity index (χ1n) is 9.60. The second-order valence-electron chi connectivity index (χ2n) is 6.97. The molecule has 0 radical (unpaired) electrons. The van der Waals surface area contributed by atoms with Crippen molar-refractivity contribution in [3.63, 3.8) is 0 Å². The molecule has 0 fully saturated rings. The third-order valence-corrected chi connectivity index (χ3v) is 5.35. The molecule has 0 spiro atoms. The number of rotatable bonds is 5. The third-order valence-electron chi connectivity index (χ3n) is 5.35. The fourth-order valence-corrected chi connectivity index (χ4v) is 3.62. The standard InChI is InChI=1S/C25H25N2O/c1-26-22-13-15-25(27-2,16-14-22)21-17-23(19-9-5-3-6-10-19)28-24(18-21)20-11-7-4-8-12-20/h3-15,17-18,26-27H,16H2,1-2H3/q+1. The molecular formula is C25H25N2O+. The Bertz CT molecular complexity index is 951. The lowest BCUT2D eigenvalue weighted by Crippen LogP contribution is -2.39. The Morgan fingerprint density at radius 3 is 1.82 bits per heavy atom. The van der Waals surface area contributed by atoms with Crippen LogP contribution in [0.2, 0.25) is 0 Å². The summed E-state index contributed by atoms with van der Waals surface area (Å²) >= 11 is 0. The van der Waals surface area contributed by atoms with Crippen molar-refractivity contribution in [3.05, 3.63) is 102 Å². The molecule has 0 bridgehead atoms. The van der Waals surface area contributed by atoms with Crippen LogP contribution in [0.3, 0.4) is 0 Å². The van der Waals surface area contributed by atoms with E-state index in [9.17, 15) is 0 Å². The van der Waals surface area contributed by atoms with E-state index in [0.717, 1.165) is 34.8 Å². The van der Waals surface area contributed by atoms with Crippen molar-refractivity contribution in [1.82, 2.24) is 10.6 Å². The van der Waals surface area contributed by atoms with Crippen molar-refractivity contribution in [3.8, 4) is 22.6 Å². The van der Waals surface area contributed by atoms with E-state index < -0.39 is 0 Å². The Kier molecular flexibility index (Phi) is 5.09. The van der Waals surface area contributed by atoms with Gasteiger partial charge in [0.05, 0.1) is 16.7 Å². The minimum Gasteiger partial charge on any atom is -0.388 e. The second-order valence-corrected chi connectivity index (χ2v) is 6.97. The van der Waals surface area contributed by atoms with E-state index in [-0.39, 0.29) is 5.54 Å². The second kappa shape index (κ2) is 7.83. The summed E-state index contributed by atoms with van der Waals surface area (Å²) in [6.07, 6.45) is 7.46. The fraction of sp³-hybridized carbons (Fsp3) is 0.160. The van der Waals surface area contributed by atoms with E-state index in [2.05, 4.69) is 65.3 Å². The van der Waals surface area contributed by atoms with Gasteiger partial charge in [0.15, 0.2) is 0 Å². The Labute approximate surface area is 166 Å². The van der Waals surface area contributed by atoms with Gasteiger partial charge in [0.25, 0.3) is 0 Å². The van der Waals surface area contributed by atoms with Gasteiger partial charge in [-0.3, -0.25) is 0 Å². The molecule has 1 atom stereocenters. The molecule has 3 nitrogen and oxygen atoms in total. The zero-order valence-electron chi connectivity index (χ0n) is 16.3. The topological polar surface area (TPSA) is 35.4 Å². The van der Waals surface area contributed by atoms with E-state index in [4.69, 9.17) is 4.42 Å². The smallest absolute Gasteiger partial charge is 0.361 e. The van der Waals surface area contributed by atoms with Crippen LogP contribution in [0.1, 0.15) is 12.0 Å². The van der Waals surface area contributed by atoms with Gasteiger partial charge in [0.1, 0.15) is 0 Å². The maximum Gasteiger partial charge on any atom is 0.361 e. The van der Waals surface area contributed by atoms with Gasteiger partial charge in [0, 0.05) is 24.9 Å². The van der Waals surface area contributed by atoms with Crippen molar-refractivity contribution in [2.75, 3.05) is 14.1 Å². The minimum atomic E-state index is -0.274. The highest BCUT2D eigenvalue weighted by molar-refractivity contribution is 5.65. The van der Waals surface area contributed by atoms with Crippen LogP contribution < -0.4 is 10.6 Å². The Morgan fingerprint density at radius 2 is 1.39 bits per heavy atom. The molecule has 4 rings (SSSR count). The van der Waals surface area contributed by atoms with Crippen LogP contribution in [0, 0.1) is 0 Å². The van der Waals surface area contributed by atoms with Gasteiger partial charge in [-0.2, -0.15) is 0 Å². The van der Waals surface area contributed by atoms with Gasteiger partial charge < -0.3 is 10.6 Å². The van der Waals surface area contributed by atoms with Crippen molar-refractivity contribution in [1.29, 1.82) is 0 Å². The summed E-state index contributed by atoms with van der Waals surface area (Å²) in [6.45, 7) is 0. The minimum absolute atomic E-state index is 0.274. The quantitative estimate of drug-likeness (QED) is 0.593. The van der Waals surface area contributed by atoms with Gasteiger partial charge in [-0.15, -0.1) is 0 Å². The summed E-state index contributed by atoms with van der Waals surface area (Å²) in [4.78, 5) is 0. The molecule has 140 valence electrons. The number of hydrogen-bond acceptors (Lipinski definition) is 2. The van der Waals surface area contributed by atoms with Crippen LogP contribution in [0.15, 0.2) is 101 Å². The lowest BCUT2D eigenvalue weighted by Gasteiger charge is -2.32. The zero-order chi connectivity index (χ0) is 19.4. The lowest BCUT2D eigenvalue weighted by molar-refractivity contribution is 0.449. The van der Waals surface area contributed by atoms with E-state index in [1.54, 1.807) is 0 Å².